The lowest BCUT2D eigenvalue weighted by molar-refractivity contribution is -0.140. The van der Waals surface area contributed by atoms with Crippen molar-refractivity contribution < 1.29 is 19.5 Å². The smallest absolute Gasteiger partial charge is 0.247 e. The number of fused-ring (bicyclic) bond motifs is 1. The summed E-state index contributed by atoms with van der Waals surface area (Å²) in [5.74, 6) is -0.851. The third-order valence-electron chi connectivity index (χ3n) is 5.77. The standard InChI is InChI=1S/C24H25N3O4/c28-23(18-5-1-2-6-19(18)24(29)27-30)26-17-12-10-16(11-13-17)15-31-22-9-3-8-21-20(22)7-4-14-25-21/h3-4,7-14,18-19,30H,1-2,5-6,15H2,(H,26,28)(H,27,29)/t18-,19-/m0/s1. The molecular weight excluding hydrogens is 394 g/mol. The van der Waals surface area contributed by atoms with Crippen LogP contribution in [0.3, 0.4) is 0 Å². The van der Waals surface area contributed by atoms with Crippen LogP contribution >= 0.6 is 0 Å². The van der Waals surface area contributed by atoms with Crippen LogP contribution in [0, 0.1) is 11.8 Å². The molecule has 1 heterocycles. The van der Waals surface area contributed by atoms with E-state index in [1.807, 2.05) is 54.6 Å². The van der Waals surface area contributed by atoms with Gasteiger partial charge in [-0.1, -0.05) is 31.0 Å². The Morgan fingerprint density at radius 1 is 0.968 bits per heavy atom. The molecule has 2 amide bonds. The molecule has 3 N–H and O–H groups in total. The molecule has 1 saturated carbocycles. The van der Waals surface area contributed by atoms with Crippen molar-refractivity contribution in [3.05, 3.63) is 66.4 Å². The lowest BCUT2D eigenvalue weighted by Gasteiger charge is -2.28. The van der Waals surface area contributed by atoms with E-state index < -0.39 is 17.7 Å². The molecular formula is C24H25N3O4. The summed E-state index contributed by atoms with van der Waals surface area (Å²) >= 11 is 0. The molecule has 0 spiro atoms. The number of pyridine rings is 1. The van der Waals surface area contributed by atoms with Gasteiger partial charge >= 0.3 is 0 Å². The maximum atomic E-state index is 12.7. The summed E-state index contributed by atoms with van der Waals surface area (Å²) in [6.07, 6.45) is 4.77. The van der Waals surface area contributed by atoms with Crippen LogP contribution in [-0.4, -0.2) is 22.0 Å². The summed E-state index contributed by atoms with van der Waals surface area (Å²) in [5, 5.41) is 12.8. The number of carbonyl (C=O) groups is 2. The number of carbonyl (C=O) groups excluding carboxylic acids is 2. The summed E-state index contributed by atoms with van der Waals surface area (Å²) in [5.41, 5.74) is 4.21. The first kappa shape index (κ1) is 20.8. The molecule has 1 aliphatic rings. The molecule has 7 heteroatoms. The summed E-state index contributed by atoms with van der Waals surface area (Å²) in [6.45, 7) is 0.392. The van der Waals surface area contributed by atoms with E-state index in [0.717, 1.165) is 35.1 Å². The van der Waals surface area contributed by atoms with Crippen molar-refractivity contribution in [2.24, 2.45) is 11.8 Å². The van der Waals surface area contributed by atoms with E-state index in [9.17, 15) is 9.59 Å². The number of hydroxylamine groups is 1. The minimum absolute atomic E-state index is 0.194. The van der Waals surface area contributed by atoms with E-state index in [4.69, 9.17) is 9.94 Å². The molecule has 0 unspecified atom stereocenters. The highest BCUT2D eigenvalue weighted by Gasteiger charge is 2.35. The monoisotopic (exact) mass is 419 g/mol. The summed E-state index contributed by atoms with van der Waals surface area (Å²) in [6, 6.07) is 17.1. The Labute approximate surface area is 180 Å². The molecule has 4 rings (SSSR count). The molecule has 160 valence electrons. The van der Waals surface area contributed by atoms with Crippen LogP contribution in [0.15, 0.2) is 60.8 Å². The Bertz CT molecular complexity index is 1060. The second-order valence-corrected chi connectivity index (χ2v) is 7.77. The van der Waals surface area contributed by atoms with Gasteiger partial charge in [0, 0.05) is 23.2 Å². The van der Waals surface area contributed by atoms with Crippen molar-refractivity contribution in [3.8, 4) is 5.75 Å². The van der Waals surface area contributed by atoms with E-state index in [2.05, 4.69) is 10.3 Å². The molecule has 0 aliphatic heterocycles. The Morgan fingerprint density at radius 2 is 1.71 bits per heavy atom. The average molecular weight is 419 g/mol. The third-order valence-corrected chi connectivity index (χ3v) is 5.77. The zero-order valence-corrected chi connectivity index (χ0v) is 17.1. The highest BCUT2D eigenvalue weighted by atomic mass is 16.5. The summed E-state index contributed by atoms with van der Waals surface area (Å²) in [4.78, 5) is 28.9. The van der Waals surface area contributed by atoms with Gasteiger partial charge in [-0.05, 0) is 54.8 Å². The minimum Gasteiger partial charge on any atom is -0.488 e. The lowest BCUT2D eigenvalue weighted by atomic mass is 9.78. The number of anilines is 1. The number of hydrogen-bond acceptors (Lipinski definition) is 5. The number of nitrogens with zero attached hydrogens (tertiary/aromatic N) is 1. The van der Waals surface area contributed by atoms with Gasteiger partial charge in [0.25, 0.3) is 0 Å². The lowest BCUT2D eigenvalue weighted by Crippen LogP contribution is -2.40. The Hall–Kier alpha value is -3.45. The number of nitrogens with one attached hydrogen (secondary N) is 2. The highest BCUT2D eigenvalue weighted by Crippen LogP contribution is 2.31. The maximum Gasteiger partial charge on any atom is 0.247 e. The van der Waals surface area contributed by atoms with Gasteiger partial charge in [-0.15, -0.1) is 0 Å². The SMILES string of the molecule is O=C(NO)[C@H]1CCCC[C@@H]1C(=O)Nc1ccc(COc2cccc3ncccc23)cc1. The fourth-order valence-corrected chi connectivity index (χ4v) is 4.12. The number of rotatable bonds is 6. The van der Waals surface area contributed by atoms with Gasteiger partial charge in [0.2, 0.25) is 11.8 Å². The van der Waals surface area contributed by atoms with Crippen molar-refractivity contribution in [1.82, 2.24) is 10.5 Å². The second kappa shape index (κ2) is 9.57. The fraction of sp³-hybridized carbons (Fsp3) is 0.292. The summed E-state index contributed by atoms with van der Waals surface area (Å²) < 4.78 is 5.98. The van der Waals surface area contributed by atoms with Gasteiger partial charge in [0.15, 0.2) is 0 Å². The Morgan fingerprint density at radius 3 is 2.45 bits per heavy atom. The van der Waals surface area contributed by atoms with Crippen molar-refractivity contribution in [2.45, 2.75) is 32.3 Å². The van der Waals surface area contributed by atoms with E-state index in [1.54, 1.807) is 11.7 Å². The normalized spacial score (nSPS) is 18.4. The zero-order valence-electron chi connectivity index (χ0n) is 17.1. The Balaban J connectivity index is 1.38. The number of amides is 2. The van der Waals surface area contributed by atoms with Crippen LogP contribution in [-0.2, 0) is 16.2 Å². The zero-order chi connectivity index (χ0) is 21.6. The van der Waals surface area contributed by atoms with Gasteiger partial charge in [-0.3, -0.25) is 19.8 Å². The molecule has 3 aromatic rings. The van der Waals surface area contributed by atoms with Crippen molar-refractivity contribution >= 4 is 28.4 Å². The highest BCUT2D eigenvalue weighted by molar-refractivity contribution is 5.96. The quantitative estimate of drug-likeness (QED) is 0.413. The van der Waals surface area contributed by atoms with E-state index >= 15 is 0 Å². The van der Waals surface area contributed by atoms with Gasteiger partial charge in [-0.2, -0.15) is 0 Å². The second-order valence-electron chi connectivity index (χ2n) is 7.77. The molecule has 1 aromatic heterocycles. The van der Waals surface area contributed by atoms with Crippen LogP contribution in [0.25, 0.3) is 10.9 Å². The van der Waals surface area contributed by atoms with Crippen LogP contribution < -0.4 is 15.5 Å². The minimum atomic E-state index is -0.499. The molecule has 0 bridgehead atoms. The number of benzene rings is 2. The van der Waals surface area contributed by atoms with Crippen LogP contribution in [0.2, 0.25) is 0 Å². The topological polar surface area (TPSA) is 101 Å². The number of aromatic nitrogens is 1. The van der Waals surface area contributed by atoms with Crippen molar-refractivity contribution in [1.29, 1.82) is 0 Å². The Kier molecular flexibility index (Phi) is 6.43. The molecule has 0 saturated heterocycles. The van der Waals surface area contributed by atoms with Gasteiger partial charge in [0.05, 0.1) is 11.4 Å². The van der Waals surface area contributed by atoms with E-state index in [-0.39, 0.29) is 5.91 Å². The van der Waals surface area contributed by atoms with Gasteiger partial charge in [0.1, 0.15) is 12.4 Å². The summed E-state index contributed by atoms with van der Waals surface area (Å²) in [7, 11) is 0. The largest absolute Gasteiger partial charge is 0.488 e. The number of ether oxygens (including phenoxy) is 1. The van der Waals surface area contributed by atoms with Gasteiger partial charge in [-0.25, -0.2) is 5.48 Å². The predicted molar refractivity (Wildman–Crippen MR) is 117 cm³/mol. The van der Waals surface area contributed by atoms with Gasteiger partial charge < -0.3 is 10.1 Å². The fourth-order valence-electron chi connectivity index (χ4n) is 4.12. The first-order valence-electron chi connectivity index (χ1n) is 10.5. The predicted octanol–water partition coefficient (Wildman–Crippen LogP) is 4.06. The molecule has 31 heavy (non-hydrogen) atoms. The molecule has 2 aromatic carbocycles. The van der Waals surface area contributed by atoms with Crippen molar-refractivity contribution in [2.75, 3.05) is 5.32 Å². The molecule has 1 aliphatic carbocycles. The maximum absolute atomic E-state index is 12.7. The molecule has 7 nitrogen and oxygen atoms in total. The van der Waals surface area contributed by atoms with E-state index in [1.165, 1.54) is 0 Å². The first-order valence-corrected chi connectivity index (χ1v) is 10.5. The molecule has 1 fully saturated rings. The van der Waals surface area contributed by atoms with Crippen LogP contribution in [0.4, 0.5) is 5.69 Å². The third kappa shape index (κ3) is 4.83. The van der Waals surface area contributed by atoms with Crippen molar-refractivity contribution in [3.63, 3.8) is 0 Å². The number of hydrogen-bond donors (Lipinski definition) is 3. The average Bonchev–Trinajstić information content (AvgIpc) is 2.83. The molecule has 0 radical (unpaired) electrons. The molecule has 2 atom stereocenters. The first-order chi connectivity index (χ1) is 15.2. The van der Waals surface area contributed by atoms with E-state index in [0.29, 0.717) is 25.1 Å². The van der Waals surface area contributed by atoms with Crippen LogP contribution in [0.1, 0.15) is 31.2 Å². The van der Waals surface area contributed by atoms with Crippen LogP contribution in [0.5, 0.6) is 5.75 Å².